The number of aromatic amines is 2. The van der Waals surface area contributed by atoms with Crippen LogP contribution in [0, 0.1) is 5.82 Å². The quantitative estimate of drug-likeness (QED) is 0.216. The standard InChI is InChI=1S/C32H24FN7/c33-25-11-9-22(10-12-25)26-7-4-8-28-29(26)38-32(37-28)30-27-14-24(19-36-31(27)40-39-30)23-13-21(17-35-18-23)16-34-15-20-5-2-1-3-6-20/h1-14,17-19,34H,15-16H2,(H,37,38)(H,36,39,40). The van der Waals surface area contributed by atoms with Crippen LogP contribution in [0.5, 0.6) is 0 Å². The summed E-state index contributed by atoms with van der Waals surface area (Å²) in [5.41, 5.74) is 9.08. The van der Waals surface area contributed by atoms with E-state index in [1.54, 1.807) is 12.1 Å². The number of nitrogens with one attached hydrogen (secondary N) is 3. The monoisotopic (exact) mass is 525 g/mol. The van der Waals surface area contributed by atoms with Gasteiger partial charge in [0.1, 0.15) is 11.5 Å². The number of para-hydroxylation sites is 1. The predicted molar refractivity (Wildman–Crippen MR) is 155 cm³/mol. The van der Waals surface area contributed by atoms with Gasteiger partial charge in [-0.1, -0.05) is 54.6 Å². The minimum atomic E-state index is -0.269. The van der Waals surface area contributed by atoms with Crippen molar-refractivity contribution in [1.29, 1.82) is 0 Å². The van der Waals surface area contributed by atoms with Crippen molar-refractivity contribution in [2.75, 3.05) is 0 Å². The molecule has 7 aromatic rings. The zero-order chi connectivity index (χ0) is 26.9. The van der Waals surface area contributed by atoms with Crippen molar-refractivity contribution in [1.82, 2.24) is 35.5 Å². The molecule has 0 unspecified atom stereocenters. The molecule has 0 saturated heterocycles. The number of H-pyrrole nitrogens is 2. The third kappa shape index (κ3) is 4.61. The number of nitrogens with zero attached hydrogens (tertiary/aromatic N) is 4. The van der Waals surface area contributed by atoms with Crippen molar-refractivity contribution < 1.29 is 4.39 Å². The van der Waals surface area contributed by atoms with E-state index in [0.29, 0.717) is 23.7 Å². The number of benzene rings is 3. The van der Waals surface area contributed by atoms with Crippen LogP contribution in [0.25, 0.3) is 55.8 Å². The molecule has 3 aromatic carbocycles. The number of hydrogen-bond donors (Lipinski definition) is 3. The third-order valence-electron chi connectivity index (χ3n) is 6.94. The Bertz CT molecular complexity index is 1940. The molecule has 194 valence electrons. The zero-order valence-corrected chi connectivity index (χ0v) is 21.4. The molecular weight excluding hydrogens is 501 g/mol. The Kier molecular flexibility index (Phi) is 6.07. The molecule has 0 amide bonds. The van der Waals surface area contributed by atoms with E-state index in [1.165, 1.54) is 17.7 Å². The van der Waals surface area contributed by atoms with Gasteiger partial charge >= 0.3 is 0 Å². The van der Waals surface area contributed by atoms with E-state index in [-0.39, 0.29) is 5.82 Å². The summed E-state index contributed by atoms with van der Waals surface area (Å²) in [6.07, 6.45) is 5.55. The van der Waals surface area contributed by atoms with Gasteiger partial charge in [0.05, 0.1) is 16.4 Å². The van der Waals surface area contributed by atoms with Crippen LogP contribution in [-0.4, -0.2) is 30.1 Å². The highest BCUT2D eigenvalue weighted by atomic mass is 19.1. The number of imidazole rings is 1. The number of halogens is 1. The predicted octanol–water partition coefficient (Wildman–Crippen LogP) is 6.66. The topological polar surface area (TPSA) is 95.2 Å². The first-order chi connectivity index (χ1) is 19.7. The Labute approximate surface area is 229 Å². The fraction of sp³-hybridized carbons (Fsp3) is 0.0625. The van der Waals surface area contributed by atoms with Crippen LogP contribution >= 0.6 is 0 Å². The molecule has 40 heavy (non-hydrogen) atoms. The summed E-state index contributed by atoms with van der Waals surface area (Å²) in [6.45, 7) is 1.50. The van der Waals surface area contributed by atoms with Gasteiger partial charge in [-0.05, 0) is 47.0 Å². The molecule has 7 rings (SSSR count). The molecular formula is C32H24FN7. The second-order valence-electron chi connectivity index (χ2n) is 9.66. The van der Waals surface area contributed by atoms with Crippen LogP contribution in [0.2, 0.25) is 0 Å². The molecule has 0 spiro atoms. The SMILES string of the molecule is Fc1ccc(-c2cccc3[nH]c(-c4n[nH]c5ncc(-c6cncc(CNCc7ccccc7)c6)cc45)nc23)cc1. The fourth-order valence-corrected chi connectivity index (χ4v) is 4.94. The van der Waals surface area contributed by atoms with E-state index in [1.807, 2.05) is 55.0 Å². The highest BCUT2D eigenvalue weighted by molar-refractivity contribution is 5.97. The Morgan fingerprint density at radius 2 is 1.57 bits per heavy atom. The normalized spacial score (nSPS) is 11.4. The number of rotatable bonds is 7. The molecule has 0 saturated carbocycles. The summed E-state index contributed by atoms with van der Waals surface area (Å²) in [6, 6.07) is 26.9. The molecule has 0 aliphatic rings. The molecule has 4 aromatic heterocycles. The lowest BCUT2D eigenvalue weighted by Gasteiger charge is -2.07. The van der Waals surface area contributed by atoms with Crippen molar-refractivity contribution >= 4 is 22.1 Å². The molecule has 0 aliphatic heterocycles. The van der Waals surface area contributed by atoms with Gasteiger partial charge in [0.15, 0.2) is 11.5 Å². The highest BCUT2D eigenvalue weighted by Gasteiger charge is 2.16. The van der Waals surface area contributed by atoms with Gasteiger partial charge in [0.25, 0.3) is 0 Å². The molecule has 3 N–H and O–H groups in total. The van der Waals surface area contributed by atoms with Gasteiger partial charge in [0.2, 0.25) is 0 Å². The molecule has 0 aliphatic carbocycles. The van der Waals surface area contributed by atoms with Gasteiger partial charge in [-0.25, -0.2) is 14.4 Å². The van der Waals surface area contributed by atoms with E-state index < -0.39 is 0 Å². The summed E-state index contributed by atoms with van der Waals surface area (Å²) in [5.74, 6) is 0.362. The zero-order valence-electron chi connectivity index (χ0n) is 21.4. The van der Waals surface area contributed by atoms with E-state index in [9.17, 15) is 4.39 Å². The van der Waals surface area contributed by atoms with Gasteiger partial charge in [0, 0.05) is 48.4 Å². The third-order valence-corrected chi connectivity index (χ3v) is 6.94. The van der Waals surface area contributed by atoms with Gasteiger partial charge < -0.3 is 10.3 Å². The fourth-order valence-electron chi connectivity index (χ4n) is 4.94. The van der Waals surface area contributed by atoms with Crippen LogP contribution in [0.4, 0.5) is 4.39 Å². The summed E-state index contributed by atoms with van der Waals surface area (Å²) in [5, 5.41) is 11.9. The van der Waals surface area contributed by atoms with Gasteiger partial charge in [-0.3, -0.25) is 10.1 Å². The van der Waals surface area contributed by atoms with Crippen molar-refractivity contribution in [2.45, 2.75) is 13.1 Å². The Balaban J connectivity index is 1.20. The maximum Gasteiger partial charge on any atom is 0.159 e. The molecule has 7 nitrogen and oxygen atoms in total. The lowest BCUT2D eigenvalue weighted by molar-refractivity contribution is 0.628. The van der Waals surface area contributed by atoms with Crippen LogP contribution in [-0.2, 0) is 13.1 Å². The first kappa shape index (κ1) is 23.9. The van der Waals surface area contributed by atoms with Crippen LogP contribution < -0.4 is 5.32 Å². The lowest BCUT2D eigenvalue weighted by atomic mass is 10.0. The van der Waals surface area contributed by atoms with Gasteiger partial charge in [-0.15, -0.1) is 0 Å². The molecule has 0 atom stereocenters. The van der Waals surface area contributed by atoms with Gasteiger partial charge in [-0.2, -0.15) is 5.10 Å². The second kappa shape index (κ2) is 10.2. The molecule has 0 fully saturated rings. The largest absolute Gasteiger partial charge is 0.337 e. The summed E-state index contributed by atoms with van der Waals surface area (Å²) in [4.78, 5) is 17.4. The number of aromatic nitrogens is 6. The summed E-state index contributed by atoms with van der Waals surface area (Å²) < 4.78 is 13.5. The Morgan fingerprint density at radius 1 is 0.750 bits per heavy atom. The van der Waals surface area contributed by atoms with Crippen LogP contribution in [0.15, 0.2) is 104 Å². The second-order valence-corrected chi connectivity index (χ2v) is 9.66. The Hall–Kier alpha value is -5.21. The van der Waals surface area contributed by atoms with E-state index in [4.69, 9.17) is 4.98 Å². The average molecular weight is 526 g/mol. The minimum Gasteiger partial charge on any atom is -0.337 e. The number of hydrogen-bond acceptors (Lipinski definition) is 5. The summed E-state index contributed by atoms with van der Waals surface area (Å²) in [7, 11) is 0. The average Bonchev–Trinajstić information content (AvgIpc) is 3.62. The maximum atomic E-state index is 13.5. The molecule has 0 radical (unpaired) electrons. The van der Waals surface area contributed by atoms with E-state index >= 15 is 0 Å². The highest BCUT2D eigenvalue weighted by Crippen LogP contribution is 2.32. The van der Waals surface area contributed by atoms with Crippen LogP contribution in [0.1, 0.15) is 11.1 Å². The van der Waals surface area contributed by atoms with Crippen molar-refractivity contribution in [3.05, 3.63) is 120 Å². The smallest absolute Gasteiger partial charge is 0.159 e. The van der Waals surface area contributed by atoms with Crippen molar-refractivity contribution in [3.63, 3.8) is 0 Å². The van der Waals surface area contributed by atoms with Crippen LogP contribution in [0.3, 0.4) is 0 Å². The number of fused-ring (bicyclic) bond motifs is 2. The molecule has 0 bridgehead atoms. The number of pyridine rings is 2. The van der Waals surface area contributed by atoms with E-state index in [0.717, 1.165) is 50.8 Å². The molecule has 4 heterocycles. The van der Waals surface area contributed by atoms with Crippen molar-refractivity contribution in [3.8, 4) is 33.8 Å². The Morgan fingerprint density at radius 3 is 2.45 bits per heavy atom. The first-order valence-electron chi connectivity index (χ1n) is 13.0. The maximum absolute atomic E-state index is 13.5. The first-order valence-corrected chi connectivity index (χ1v) is 13.0. The summed E-state index contributed by atoms with van der Waals surface area (Å²) >= 11 is 0. The molecule has 8 heteroatoms. The lowest BCUT2D eigenvalue weighted by Crippen LogP contribution is -2.12. The minimum absolute atomic E-state index is 0.269. The van der Waals surface area contributed by atoms with Crippen molar-refractivity contribution in [2.24, 2.45) is 0 Å². The van der Waals surface area contributed by atoms with E-state index in [2.05, 4.69) is 54.7 Å².